The molecule has 1 aromatic rings. The summed E-state index contributed by atoms with van der Waals surface area (Å²) in [5, 5.41) is 7.32. The van der Waals surface area contributed by atoms with Gasteiger partial charge in [-0.3, -0.25) is 4.90 Å². The van der Waals surface area contributed by atoms with Gasteiger partial charge < -0.3 is 9.84 Å². The summed E-state index contributed by atoms with van der Waals surface area (Å²) < 4.78 is 5.35. The fourth-order valence-electron chi connectivity index (χ4n) is 2.81. The molecular formula is C14H25ClN4O. The zero-order valence-corrected chi connectivity index (χ0v) is 13.0. The van der Waals surface area contributed by atoms with Crippen molar-refractivity contribution in [2.75, 3.05) is 26.7 Å². The first-order valence-corrected chi connectivity index (χ1v) is 7.54. The molecule has 1 aliphatic carbocycles. The molecule has 1 aromatic heterocycles. The average Bonchev–Trinajstić information content (AvgIpc) is 3.19. The van der Waals surface area contributed by atoms with E-state index in [-0.39, 0.29) is 12.4 Å². The van der Waals surface area contributed by atoms with Crippen molar-refractivity contribution in [2.24, 2.45) is 5.92 Å². The minimum Gasteiger partial charge on any atom is -0.338 e. The quantitative estimate of drug-likeness (QED) is 0.873. The van der Waals surface area contributed by atoms with Gasteiger partial charge in [0.05, 0.1) is 6.54 Å². The highest BCUT2D eigenvalue weighted by atomic mass is 35.5. The molecule has 0 spiro atoms. The molecule has 3 rings (SSSR count). The zero-order valence-electron chi connectivity index (χ0n) is 12.2. The van der Waals surface area contributed by atoms with Crippen molar-refractivity contribution < 1.29 is 4.52 Å². The Balaban J connectivity index is 0.00000147. The van der Waals surface area contributed by atoms with Crippen molar-refractivity contribution in [1.29, 1.82) is 0 Å². The highest BCUT2D eigenvalue weighted by Gasteiger charge is 2.29. The van der Waals surface area contributed by atoms with E-state index in [0.29, 0.717) is 5.92 Å². The van der Waals surface area contributed by atoms with Crippen molar-refractivity contribution in [3.8, 4) is 0 Å². The zero-order chi connectivity index (χ0) is 13.1. The van der Waals surface area contributed by atoms with Crippen molar-refractivity contribution in [2.45, 2.75) is 44.6 Å². The number of nitrogens with one attached hydrogen (secondary N) is 1. The Hall–Kier alpha value is -0.650. The van der Waals surface area contributed by atoms with E-state index in [0.717, 1.165) is 43.8 Å². The molecule has 0 amide bonds. The van der Waals surface area contributed by atoms with Crippen LogP contribution in [0.25, 0.3) is 0 Å². The molecule has 5 nitrogen and oxygen atoms in total. The minimum atomic E-state index is 0. The lowest BCUT2D eigenvalue weighted by atomic mass is 9.93. The van der Waals surface area contributed by atoms with E-state index >= 15 is 0 Å². The highest BCUT2D eigenvalue weighted by Crippen LogP contribution is 2.38. The fraction of sp³-hybridized carbons (Fsp3) is 0.857. The third kappa shape index (κ3) is 4.17. The lowest BCUT2D eigenvalue weighted by molar-refractivity contribution is 0.155. The maximum Gasteiger partial charge on any atom is 0.240 e. The maximum atomic E-state index is 5.35. The smallest absolute Gasteiger partial charge is 0.240 e. The van der Waals surface area contributed by atoms with Crippen molar-refractivity contribution in [3.05, 3.63) is 11.7 Å². The Morgan fingerprint density at radius 1 is 1.25 bits per heavy atom. The van der Waals surface area contributed by atoms with Gasteiger partial charge in [0.15, 0.2) is 5.82 Å². The van der Waals surface area contributed by atoms with Gasteiger partial charge in [-0.2, -0.15) is 4.98 Å². The van der Waals surface area contributed by atoms with Crippen LogP contribution in [0.1, 0.15) is 49.7 Å². The van der Waals surface area contributed by atoms with Gasteiger partial charge in [-0.05, 0) is 64.7 Å². The summed E-state index contributed by atoms with van der Waals surface area (Å²) in [7, 11) is 2.03. The van der Waals surface area contributed by atoms with Crippen molar-refractivity contribution in [3.63, 3.8) is 0 Å². The molecule has 2 fully saturated rings. The molecule has 0 unspecified atom stereocenters. The third-order valence-electron chi connectivity index (χ3n) is 4.29. The van der Waals surface area contributed by atoms with Crippen LogP contribution in [-0.4, -0.2) is 41.7 Å². The lowest BCUT2D eigenvalue weighted by Gasteiger charge is -2.30. The van der Waals surface area contributed by atoms with Crippen LogP contribution in [0.5, 0.6) is 0 Å². The second kappa shape index (κ2) is 7.38. The monoisotopic (exact) mass is 300 g/mol. The number of likely N-dealkylation sites (tertiary alicyclic amines) is 1. The van der Waals surface area contributed by atoms with Gasteiger partial charge in [0.2, 0.25) is 5.89 Å². The molecule has 1 N–H and O–H groups in total. The second-order valence-corrected chi connectivity index (χ2v) is 5.93. The summed E-state index contributed by atoms with van der Waals surface area (Å²) in [4.78, 5) is 6.95. The standard InChI is InChI=1S/C14H24N4O.ClH/c1-15-7-4-11-5-8-18(9-6-11)10-13-16-14(17-19-13)12-2-3-12;/h11-12,15H,2-10H2,1H3;1H. The van der Waals surface area contributed by atoms with Gasteiger partial charge in [0.25, 0.3) is 0 Å². The largest absolute Gasteiger partial charge is 0.338 e. The second-order valence-electron chi connectivity index (χ2n) is 5.93. The molecule has 20 heavy (non-hydrogen) atoms. The van der Waals surface area contributed by atoms with Gasteiger partial charge in [-0.15, -0.1) is 12.4 Å². The van der Waals surface area contributed by atoms with E-state index in [1.807, 2.05) is 7.05 Å². The van der Waals surface area contributed by atoms with Crippen LogP contribution in [0, 0.1) is 5.92 Å². The summed E-state index contributed by atoms with van der Waals surface area (Å²) >= 11 is 0. The van der Waals surface area contributed by atoms with Crippen LogP contribution < -0.4 is 5.32 Å². The van der Waals surface area contributed by atoms with Crippen molar-refractivity contribution in [1.82, 2.24) is 20.4 Å². The SMILES string of the molecule is CNCCC1CCN(Cc2nc(C3CC3)no2)CC1.Cl. The molecule has 0 radical (unpaired) electrons. The highest BCUT2D eigenvalue weighted by molar-refractivity contribution is 5.85. The Morgan fingerprint density at radius 2 is 2.00 bits per heavy atom. The Bertz CT molecular complexity index is 400. The van der Waals surface area contributed by atoms with Gasteiger partial charge in [-0.1, -0.05) is 5.16 Å². The molecule has 2 heterocycles. The van der Waals surface area contributed by atoms with Crippen LogP contribution in [0.3, 0.4) is 0 Å². The summed E-state index contributed by atoms with van der Waals surface area (Å²) in [5.74, 6) is 3.20. The molecule has 0 atom stereocenters. The normalized spacial score (nSPS) is 20.9. The number of halogens is 1. The average molecular weight is 301 g/mol. The van der Waals surface area contributed by atoms with Gasteiger partial charge in [0.1, 0.15) is 0 Å². The Morgan fingerprint density at radius 3 is 2.65 bits per heavy atom. The van der Waals surface area contributed by atoms with E-state index in [1.54, 1.807) is 0 Å². The topological polar surface area (TPSA) is 54.2 Å². The predicted octanol–water partition coefficient (Wildman–Crippen LogP) is 2.19. The maximum absolute atomic E-state index is 5.35. The van der Waals surface area contributed by atoms with E-state index < -0.39 is 0 Å². The molecular weight excluding hydrogens is 276 g/mol. The molecule has 2 aliphatic rings. The fourth-order valence-corrected chi connectivity index (χ4v) is 2.81. The van der Waals surface area contributed by atoms with Crippen LogP contribution in [0.2, 0.25) is 0 Å². The first-order chi connectivity index (χ1) is 9.35. The number of aromatic nitrogens is 2. The van der Waals surface area contributed by atoms with Crippen LogP contribution in [0.4, 0.5) is 0 Å². The van der Waals surface area contributed by atoms with E-state index in [2.05, 4.69) is 20.4 Å². The summed E-state index contributed by atoms with van der Waals surface area (Å²) in [6, 6.07) is 0. The number of hydrogen-bond donors (Lipinski definition) is 1. The third-order valence-corrected chi connectivity index (χ3v) is 4.29. The van der Waals surface area contributed by atoms with E-state index in [1.165, 1.54) is 32.1 Å². The van der Waals surface area contributed by atoms with Gasteiger partial charge in [0, 0.05) is 5.92 Å². The molecule has 1 saturated heterocycles. The first-order valence-electron chi connectivity index (χ1n) is 7.54. The summed E-state index contributed by atoms with van der Waals surface area (Å²) in [5.41, 5.74) is 0. The van der Waals surface area contributed by atoms with Crippen LogP contribution >= 0.6 is 12.4 Å². The van der Waals surface area contributed by atoms with Gasteiger partial charge >= 0.3 is 0 Å². The van der Waals surface area contributed by atoms with Gasteiger partial charge in [-0.25, -0.2) is 0 Å². The van der Waals surface area contributed by atoms with E-state index in [4.69, 9.17) is 4.52 Å². The Labute approximate surface area is 126 Å². The first kappa shape index (κ1) is 15.7. The number of piperidine rings is 1. The predicted molar refractivity (Wildman–Crippen MR) is 80.1 cm³/mol. The molecule has 0 aromatic carbocycles. The summed E-state index contributed by atoms with van der Waals surface area (Å²) in [6.45, 7) is 4.29. The van der Waals surface area contributed by atoms with Crippen molar-refractivity contribution >= 4 is 12.4 Å². The number of nitrogens with zero attached hydrogens (tertiary/aromatic N) is 3. The molecule has 114 valence electrons. The van der Waals surface area contributed by atoms with Crippen LogP contribution in [0.15, 0.2) is 4.52 Å². The van der Waals surface area contributed by atoms with Crippen LogP contribution in [-0.2, 0) is 6.54 Å². The molecule has 0 bridgehead atoms. The molecule has 6 heteroatoms. The Kier molecular flexibility index (Phi) is 5.81. The molecule has 1 aliphatic heterocycles. The minimum absolute atomic E-state index is 0. The summed E-state index contributed by atoms with van der Waals surface area (Å²) in [6.07, 6.45) is 6.36. The van der Waals surface area contributed by atoms with E-state index in [9.17, 15) is 0 Å². The molecule has 1 saturated carbocycles. The lowest BCUT2D eigenvalue weighted by Crippen LogP contribution is -2.34. The number of hydrogen-bond acceptors (Lipinski definition) is 5. The number of rotatable bonds is 6.